The lowest BCUT2D eigenvalue weighted by Crippen LogP contribution is -2.44. The van der Waals surface area contributed by atoms with E-state index in [1.807, 2.05) is 7.05 Å². The van der Waals surface area contributed by atoms with Gasteiger partial charge in [-0.15, -0.1) is 0 Å². The Morgan fingerprint density at radius 2 is 1.93 bits per heavy atom. The number of methoxy groups -OCH3 is 1. The van der Waals surface area contributed by atoms with Crippen molar-refractivity contribution in [3.05, 3.63) is 23.8 Å². The van der Waals surface area contributed by atoms with Crippen molar-refractivity contribution < 1.29 is 22.7 Å². The topological polar surface area (TPSA) is 117 Å². The molecule has 2 fully saturated rings. The summed E-state index contributed by atoms with van der Waals surface area (Å²) >= 11 is 0. The SMILES string of the molecule is CNC1CCN(S(=O)(=O)c2ccc(OC)c(C3(C)NC(=O)NC3=O)c2)CC1. The van der Waals surface area contributed by atoms with Gasteiger partial charge in [-0.25, -0.2) is 13.2 Å². The average molecular weight is 396 g/mol. The molecule has 0 saturated carbocycles. The predicted octanol–water partition coefficient (Wildman–Crippen LogP) is 0.122. The lowest BCUT2D eigenvalue weighted by atomic mass is 9.91. The molecule has 1 aromatic carbocycles. The number of piperidine rings is 1. The van der Waals surface area contributed by atoms with Crippen molar-refractivity contribution in [1.82, 2.24) is 20.3 Å². The second kappa shape index (κ2) is 7.10. The first-order valence-electron chi connectivity index (χ1n) is 8.72. The highest BCUT2D eigenvalue weighted by atomic mass is 32.2. The summed E-state index contributed by atoms with van der Waals surface area (Å²) in [6.45, 7) is 2.35. The molecule has 2 heterocycles. The highest BCUT2D eigenvalue weighted by Crippen LogP contribution is 2.35. The summed E-state index contributed by atoms with van der Waals surface area (Å²) in [6, 6.07) is 4.04. The van der Waals surface area contributed by atoms with Crippen molar-refractivity contribution in [2.24, 2.45) is 0 Å². The number of sulfonamides is 1. The number of nitrogens with zero attached hydrogens (tertiary/aromatic N) is 1. The predicted molar refractivity (Wildman–Crippen MR) is 97.9 cm³/mol. The number of urea groups is 1. The number of amides is 3. The van der Waals surface area contributed by atoms with Gasteiger partial charge in [0.25, 0.3) is 5.91 Å². The molecule has 0 spiro atoms. The summed E-state index contributed by atoms with van der Waals surface area (Å²) in [6.07, 6.45) is 1.46. The molecule has 2 aliphatic heterocycles. The normalized spacial score (nSPS) is 24.6. The first kappa shape index (κ1) is 19.6. The second-order valence-electron chi connectivity index (χ2n) is 6.86. The smallest absolute Gasteiger partial charge is 0.322 e. The third-order valence-electron chi connectivity index (χ3n) is 5.25. The van der Waals surface area contributed by atoms with Crippen LogP contribution >= 0.6 is 0 Å². The Balaban J connectivity index is 1.98. The summed E-state index contributed by atoms with van der Waals surface area (Å²) in [7, 11) is -0.431. The van der Waals surface area contributed by atoms with E-state index in [2.05, 4.69) is 16.0 Å². The van der Waals surface area contributed by atoms with Crippen LogP contribution in [0.2, 0.25) is 0 Å². The minimum Gasteiger partial charge on any atom is -0.496 e. The Morgan fingerprint density at radius 3 is 2.44 bits per heavy atom. The second-order valence-corrected chi connectivity index (χ2v) is 8.80. The Kier molecular flexibility index (Phi) is 5.15. The van der Waals surface area contributed by atoms with Crippen LogP contribution in [0.5, 0.6) is 5.75 Å². The van der Waals surface area contributed by atoms with Gasteiger partial charge in [0.15, 0.2) is 0 Å². The number of nitrogens with one attached hydrogen (secondary N) is 3. The molecule has 0 radical (unpaired) electrons. The molecular weight excluding hydrogens is 372 g/mol. The lowest BCUT2D eigenvalue weighted by molar-refractivity contribution is -0.123. The standard InChI is InChI=1S/C17H24N4O5S/c1-17(15(22)19-16(23)20-17)13-10-12(4-5-14(13)26-3)27(24,25)21-8-6-11(18-2)7-9-21/h4-5,10-11,18H,6-9H2,1-3H3,(H2,19,20,22,23). The molecule has 1 unspecified atom stereocenters. The molecule has 27 heavy (non-hydrogen) atoms. The minimum absolute atomic E-state index is 0.0661. The molecule has 1 aromatic rings. The Labute approximate surface area is 158 Å². The molecule has 0 bridgehead atoms. The van der Waals surface area contributed by atoms with Gasteiger partial charge in [0.2, 0.25) is 10.0 Å². The molecule has 1 atom stereocenters. The quantitative estimate of drug-likeness (QED) is 0.609. The molecule has 10 heteroatoms. The number of rotatable bonds is 5. The van der Waals surface area contributed by atoms with Crippen molar-refractivity contribution in [2.45, 2.75) is 36.2 Å². The van der Waals surface area contributed by atoms with Crippen LogP contribution in [-0.4, -0.2) is 58.0 Å². The zero-order valence-electron chi connectivity index (χ0n) is 15.5. The number of hydrogen-bond acceptors (Lipinski definition) is 6. The molecule has 3 N–H and O–H groups in total. The Bertz CT molecular complexity index is 864. The first-order valence-corrected chi connectivity index (χ1v) is 10.2. The van der Waals surface area contributed by atoms with Crippen LogP contribution in [0.1, 0.15) is 25.3 Å². The summed E-state index contributed by atoms with van der Waals surface area (Å²) in [5.74, 6) is -0.238. The molecule has 3 amide bonds. The van der Waals surface area contributed by atoms with E-state index in [0.717, 1.165) is 12.8 Å². The van der Waals surface area contributed by atoms with Gasteiger partial charge in [-0.3, -0.25) is 10.1 Å². The van der Waals surface area contributed by atoms with Gasteiger partial charge in [0, 0.05) is 24.7 Å². The number of ether oxygens (including phenoxy) is 1. The molecule has 2 aliphatic rings. The number of hydrogen-bond donors (Lipinski definition) is 3. The van der Waals surface area contributed by atoms with E-state index in [1.165, 1.54) is 36.5 Å². The molecule has 0 aromatic heterocycles. The monoisotopic (exact) mass is 396 g/mol. The first-order chi connectivity index (χ1) is 12.7. The lowest BCUT2D eigenvalue weighted by Gasteiger charge is -2.31. The molecule has 0 aliphatic carbocycles. The Hall–Kier alpha value is -2.17. The third-order valence-corrected chi connectivity index (χ3v) is 7.15. The highest BCUT2D eigenvalue weighted by molar-refractivity contribution is 7.89. The number of benzene rings is 1. The van der Waals surface area contributed by atoms with E-state index in [9.17, 15) is 18.0 Å². The van der Waals surface area contributed by atoms with E-state index in [-0.39, 0.29) is 4.90 Å². The van der Waals surface area contributed by atoms with Crippen LogP contribution < -0.4 is 20.7 Å². The fourth-order valence-electron chi connectivity index (χ4n) is 3.51. The summed E-state index contributed by atoms with van der Waals surface area (Å²) in [5, 5.41) is 7.89. The van der Waals surface area contributed by atoms with Crippen LogP contribution in [0.3, 0.4) is 0 Å². The average Bonchev–Trinajstić information content (AvgIpc) is 2.93. The molecule has 9 nitrogen and oxygen atoms in total. The van der Waals surface area contributed by atoms with Gasteiger partial charge in [0.05, 0.1) is 12.0 Å². The van der Waals surface area contributed by atoms with E-state index >= 15 is 0 Å². The van der Waals surface area contributed by atoms with Crippen molar-refractivity contribution >= 4 is 22.0 Å². The molecule has 148 valence electrons. The van der Waals surface area contributed by atoms with E-state index in [1.54, 1.807) is 0 Å². The minimum atomic E-state index is -3.72. The maximum atomic E-state index is 13.1. The highest BCUT2D eigenvalue weighted by Gasteiger charge is 2.46. The van der Waals surface area contributed by atoms with E-state index in [0.29, 0.717) is 30.4 Å². The van der Waals surface area contributed by atoms with Gasteiger partial charge in [0.1, 0.15) is 11.3 Å². The van der Waals surface area contributed by atoms with Crippen LogP contribution in [0.4, 0.5) is 4.79 Å². The van der Waals surface area contributed by atoms with E-state index < -0.39 is 27.5 Å². The zero-order valence-corrected chi connectivity index (χ0v) is 16.4. The van der Waals surface area contributed by atoms with Crippen molar-refractivity contribution in [1.29, 1.82) is 0 Å². The molecule has 3 rings (SSSR count). The number of carbonyl (C=O) groups excluding carboxylic acids is 2. The van der Waals surface area contributed by atoms with Gasteiger partial charge in [-0.05, 0) is 45.0 Å². The summed E-state index contributed by atoms with van der Waals surface area (Å²) in [5.41, 5.74) is -1.12. The largest absolute Gasteiger partial charge is 0.496 e. The van der Waals surface area contributed by atoms with Crippen LogP contribution in [0.25, 0.3) is 0 Å². The molecule has 2 saturated heterocycles. The maximum Gasteiger partial charge on any atom is 0.322 e. The van der Waals surface area contributed by atoms with E-state index in [4.69, 9.17) is 4.74 Å². The fraction of sp³-hybridized carbons (Fsp3) is 0.529. The van der Waals surface area contributed by atoms with Crippen LogP contribution in [-0.2, 0) is 20.4 Å². The van der Waals surface area contributed by atoms with Gasteiger partial charge in [-0.2, -0.15) is 4.31 Å². The third kappa shape index (κ3) is 3.40. The fourth-order valence-corrected chi connectivity index (χ4v) is 5.00. The van der Waals surface area contributed by atoms with Crippen molar-refractivity contribution in [3.63, 3.8) is 0 Å². The summed E-state index contributed by atoms with van der Waals surface area (Å²) < 4.78 is 32.9. The summed E-state index contributed by atoms with van der Waals surface area (Å²) in [4.78, 5) is 24.0. The van der Waals surface area contributed by atoms with Crippen molar-refractivity contribution in [2.75, 3.05) is 27.2 Å². The van der Waals surface area contributed by atoms with Gasteiger partial charge >= 0.3 is 6.03 Å². The maximum absolute atomic E-state index is 13.1. The van der Waals surface area contributed by atoms with Crippen LogP contribution in [0.15, 0.2) is 23.1 Å². The number of carbonyl (C=O) groups is 2. The van der Waals surface area contributed by atoms with Gasteiger partial charge < -0.3 is 15.4 Å². The zero-order chi connectivity index (χ0) is 19.8. The van der Waals surface area contributed by atoms with Crippen LogP contribution in [0, 0.1) is 0 Å². The Morgan fingerprint density at radius 1 is 1.26 bits per heavy atom. The van der Waals surface area contributed by atoms with Crippen molar-refractivity contribution in [3.8, 4) is 5.75 Å². The number of imide groups is 1. The van der Waals surface area contributed by atoms with Gasteiger partial charge in [-0.1, -0.05) is 0 Å². The molecular formula is C17H24N4O5S.